The molecule has 0 aromatic heterocycles. The van der Waals surface area contributed by atoms with Gasteiger partial charge in [-0.25, -0.2) is 10.9 Å². The van der Waals surface area contributed by atoms with Gasteiger partial charge in [0.15, 0.2) is 6.35 Å². The van der Waals surface area contributed by atoms with Crippen LogP contribution in [0.3, 0.4) is 0 Å². The third kappa shape index (κ3) is 10.8. The van der Waals surface area contributed by atoms with E-state index in [0.717, 1.165) is 32.7 Å². The summed E-state index contributed by atoms with van der Waals surface area (Å²) in [4.78, 5) is 37.6. The van der Waals surface area contributed by atoms with Crippen LogP contribution in [0.15, 0.2) is 30.3 Å². The average Bonchev–Trinajstić information content (AvgIpc) is 2.94. The van der Waals surface area contributed by atoms with E-state index in [0.29, 0.717) is 12.2 Å². The Morgan fingerprint density at radius 2 is 1.36 bits per heavy atom. The Morgan fingerprint density at radius 1 is 0.867 bits per heavy atom. The maximum atomic E-state index is 13.9. The zero-order valence-electron chi connectivity index (χ0n) is 28.3. The molecular weight excluding hydrogens is 597 g/mol. The second kappa shape index (κ2) is 17.1. The molecule has 2 aromatic carbocycles. The van der Waals surface area contributed by atoms with Gasteiger partial charge in [-0.2, -0.15) is 0 Å². The van der Waals surface area contributed by atoms with Crippen molar-refractivity contribution in [2.24, 2.45) is 11.8 Å². The van der Waals surface area contributed by atoms with E-state index in [4.69, 9.17) is 14.2 Å². The molecule has 12 heteroatoms. The van der Waals surface area contributed by atoms with Gasteiger partial charge in [0.25, 0.3) is 0 Å². The lowest BCUT2D eigenvalue weighted by Gasteiger charge is -2.35. The summed E-state index contributed by atoms with van der Waals surface area (Å²) in [6, 6.07) is 7.27. The van der Waals surface area contributed by atoms with Crippen molar-refractivity contribution in [2.45, 2.75) is 93.7 Å². The molecule has 11 nitrogen and oxygen atoms in total. The van der Waals surface area contributed by atoms with Crippen LogP contribution in [-0.4, -0.2) is 58.5 Å². The highest BCUT2D eigenvalue weighted by atomic mass is 31.2. The number of phenols is 1. The van der Waals surface area contributed by atoms with Gasteiger partial charge in [0.1, 0.15) is 23.6 Å². The number of hydrogen-bond donors (Lipinski definition) is 4. The van der Waals surface area contributed by atoms with E-state index < -0.39 is 37.9 Å². The maximum absolute atomic E-state index is 13.9. The summed E-state index contributed by atoms with van der Waals surface area (Å²) >= 11 is 0. The predicted molar refractivity (Wildman–Crippen MR) is 175 cm³/mol. The number of hydrazine groups is 2. The molecule has 2 aromatic rings. The molecule has 252 valence electrons. The van der Waals surface area contributed by atoms with E-state index in [1.54, 1.807) is 47.6 Å². The molecule has 0 amide bonds. The van der Waals surface area contributed by atoms with E-state index >= 15 is 0 Å². The Labute approximate surface area is 268 Å². The number of carbonyl (C=O) groups is 2. The molecule has 0 saturated carbocycles. The van der Waals surface area contributed by atoms with Gasteiger partial charge >= 0.3 is 19.5 Å². The summed E-state index contributed by atoms with van der Waals surface area (Å²) in [6.07, 6.45) is -0.00479. The van der Waals surface area contributed by atoms with E-state index in [1.807, 2.05) is 52.0 Å². The number of benzene rings is 2. The summed E-state index contributed by atoms with van der Waals surface area (Å²) in [6.45, 7) is 18.7. The van der Waals surface area contributed by atoms with Gasteiger partial charge in [0, 0.05) is 0 Å². The van der Waals surface area contributed by atoms with Gasteiger partial charge in [-0.05, 0) is 97.9 Å². The molecular formula is C33H52N3O8P. The fraction of sp³-hybridized carbons (Fsp3) is 0.576. The fourth-order valence-corrected chi connectivity index (χ4v) is 5.85. The van der Waals surface area contributed by atoms with Crippen LogP contribution in [0.25, 0.3) is 0 Å². The van der Waals surface area contributed by atoms with Crippen LogP contribution in [0.5, 0.6) is 11.5 Å². The molecule has 0 aliphatic rings. The van der Waals surface area contributed by atoms with Gasteiger partial charge in [0.05, 0.1) is 13.2 Å². The zero-order chi connectivity index (χ0) is 34.1. The predicted octanol–water partition coefficient (Wildman–Crippen LogP) is 5.73. The third-order valence-corrected chi connectivity index (χ3v) is 8.73. The van der Waals surface area contributed by atoms with Crippen molar-refractivity contribution in [3.63, 3.8) is 0 Å². The molecule has 2 rings (SSSR count). The number of aromatic hydroxyl groups is 1. The lowest BCUT2D eigenvalue weighted by molar-refractivity contribution is -0.150. The molecule has 4 N–H and O–H groups in total. The number of hydrogen-bond acceptors (Lipinski definition) is 9. The first-order chi connectivity index (χ1) is 21.0. The van der Waals surface area contributed by atoms with E-state index in [2.05, 4.69) is 10.9 Å². The number of carbonyl (C=O) groups excluding carboxylic acids is 2. The normalized spacial score (nSPS) is 14.5. The summed E-state index contributed by atoms with van der Waals surface area (Å²) in [5.41, 5.74) is 10.5. The highest BCUT2D eigenvalue weighted by Gasteiger charge is 2.39. The van der Waals surface area contributed by atoms with Crippen molar-refractivity contribution < 1.29 is 38.4 Å². The first-order valence-corrected chi connectivity index (χ1v) is 17.3. The fourth-order valence-electron chi connectivity index (χ4n) is 4.81. The summed E-state index contributed by atoms with van der Waals surface area (Å²) in [7, 11) is -4.44. The van der Waals surface area contributed by atoms with Crippen LogP contribution >= 0.6 is 7.52 Å². The van der Waals surface area contributed by atoms with Crippen LogP contribution in [-0.2, 0) is 30.0 Å². The van der Waals surface area contributed by atoms with E-state index in [9.17, 15) is 24.2 Å². The molecule has 45 heavy (non-hydrogen) atoms. The standard InChI is InChI=1S/C33H52N3O8P/c1-11-42-32(38)30(21(5)6)34-36(35-31(22(7)8)33(39)43-12-2)45(40,41)19-44-26-15-23(9)28(24(10)16-26)18-25-13-14-29(37)27(17-25)20(3)4/h13-17,20-22,30-31,34-35,37H,11-12,18-19H2,1-10H3,(H,40,41). The summed E-state index contributed by atoms with van der Waals surface area (Å²) in [5, 5.41) is 10.2. The lowest BCUT2D eigenvalue weighted by Crippen LogP contribution is -2.60. The number of phenolic OH excluding ortho intramolecular Hbond substituents is 1. The minimum absolute atomic E-state index is 0.134. The molecule has 0 saturated heterocycles. The van der Waals surface area contributed by atoms with Crippen LogP contribution in [0.2, 0.25) is 0 Å². The van der Waals surface area contributed by atoms with Crippen LogP contribution in [0.1, 0.15) is 89.1 Å². The molecule has 0 aliphatic heterocycles. The SMILES string of the molecule is CCOC(=O)C(NN(NC(C(=O)OCC)C(C)C)P(=O)(O)COc1cc(C)c(Cc2ccc(O)c(C(C)C)c2)c(C)c1)C(C)C. The Bertz CT molecular complexity index is 1290. The number of nitrogens with zero attached hydrogens (tertiary/aromatic N) is 1. The quantitative estimate of drug-likeness (QED) is 0.0946. The number of nitrogens with one attached hydrogen (secondary N) is 2. The van der Waals surface area contributed by atoms with Crippen LogP contribution < -0.4 is 15.6 Å². The van der Waals surface area contributed by atoms with E-state index in [-0.39, 0.29) is 36.7 Å². The number of ether oxygens (including phenoxy) is 3. The Kier molecular flexibility index (Phi) is 14.5. The minimum Gasteiger partial charge on any atom is -0.508 e. The van der Waals surface area contributed by atoms with Gasteiger partial charge in [-0.1, -0.05) is 58.6 Å². The van der Waals surface area contributed by atoms with Crippen molar-refractivity contribution in [1.29, 1.82) is 0 Å². The topological polar surface area (TPSA) is 147 Å². The van der Waals surface area contributed by atoms with Crippen molar-refractivity contribution in [2.75, 3.05) is 19.6 Å². The maximum Gasteiger partial charge on any atom is 0.333 e. The van der Waals surface area contributed by atoms with Crippen molar-refractivity contribution in [3.05, 3.63) is 58.1 Å². The second-order valence-electron chi connectivity index (χ2n) is 12.2. The number of aryl methyl sites for hydroxylation is 2. The highest BCUT2D eigenvalue weighted by molar-refractivity contribution is 7.55. The van der Waals surface area contributed by atoms with Gasteiger partial charge in [-0.3, -0.25) is 14.2 Å². The molecule has 3 unspecified atom stereocenters. The second-order valence-corrected chi connectivity index (χ2v) is 14.2. The minimum atomic E-state index is -4.44. The Hall–Kier alpha value is -2.95. The monoisotopic (exact) mass is 649 g/mol. The van der Waals surface area contributed by atoms with Gasteiger partial charge < -0.3 is 24.2 Å². The van der Waals surface area contributed by atoms with Gasteiger partial charge in [0.2, 0.25) is 0 Å². The molecule has 0 aliphatic carbocycles. The third-order valence-electron chi connectivity index (χ3n) is 7.41. The smallest absolute Gasteiger partial charge is 0.333 e. The molecule has 0 spiro atoms. The molecule has 0 radical (unpaired) electrons. The zero-order valence-corrected chi connectivity index (χ0v) is 29.2. The van der Waals surface area contributed by atoms with Crippen molar-refractivity contribution >= 4 is 19.5 Å². The van der Waals surface area contributed by atoms with Crippen molar-refractivity contribution in [3.8, 4) is 11.5 Å². The number of rotatable bonds is 17. The molecule has 0 fully saturated rings. The van der Waals surface area contributed by atoms with Crippen molar-refractivity contribution in [1.82, 2.24) is 15.7 Å². The summed E-state index contributed by atoms with van der Waals surface area (Å²) in [5.74, 6) is -0.993. The molecule has 0 heterocycles. The van der Waals surface area contributed by atoms with Gasteiger partial charge in [-0.15, -0.1) is 0 Å². The Balaban J connectivity index is 2.36. The Morgan fingerprint density at radius 3 is 1.78 bits per heavy atom. The lowest BCUT2D eigenvalue weighted by atomic mass is 9.93. The summed E-state index contributed by atoms with van der Waals surface area (Å²) < 4.78 is 30.1. The average molecular weight is 650 g/mol. The van der Waals surface area contributed by atoms with E-state index in [1.165, 1.54) is 0 Å². The van der Waals surface area contributed by atoms with Crippen LogP contribution in [0.4, 0.5) is 0 Å². The first kappa shape index (κ1) is 38.2. The molecule has 0 bridgehead atoms. The first-order valence-electron chi connectivity index (χ1n) is 15.5. The number of esters is 2. The molecule has 3 atom stereocenters. The van der Waals surface area contributed by atoms with Crippen LogP contribution in [0, 0.1) is 25.7 Å². The highest BCUT2D eigenvalue weighted by Crippen LogP contribution is 2.43. The largest absolute Gasteiger partial charge is 0.508 e.